The van der Waals surface area contributed by atoms with Gasteiger partial charge < -0.3 is 47.9 Å². The van der Waals surface area contributed by atoms with E-state index in [0.29, 0.717) is 126 Å². The molecule has 23 heteroatoms. The van der Waals surface area contributed by atoms with Gasteiger partial charge in [0.05, 0.1) is 95.6 Å². The number of aryl methyl sites for hydroxylation is 2. The fourth-order valence-corrected chi connectivity index (χ4v) is 11.0. The van der Waals surface area contributed by atoms with Crippen molar-refractivity contribution in [1.29, 1.82) is 5.26 Å². The second kappa shape index (κ2) is 30.3. The van der Waals surface area contributed by atoms with Gasteiger partial charge in [0.15, 0.2) is 0 Å². The summed E-state index contributed by atoms with van der Waals surface area (Å²) < 4.78 is 57.0. The number of nitriles is 1. The third-order valence-corrected chi connectivity index (χ3v) is 15.7. The highest BCUT2D eigenvalue weighted by Gasteiger charge is 2.46. The van der Waals surface area contributed by atoms with Gasteiger partial charge in [0.2, 0.25) is 5.91 Å². The van der Waals surface area contributed by atoms with Crippen molar-refractivity contribution in [3.63, 3.8) is 0 Å². The molecule has 2 aromatic heterocycles. The van der Waals surface area contributed by atoms with Gasteiger partial charge in [-0.15, -0.1) is 0 Å². The quantitative estimate of drug-likeness (QED) is 0.0488. The highest BCUT2D eigenvalue weighted by molar-refractivity contribution is 6.30. The maximum absolute atomic E-state index is 15.1. The Bertz CT molecular complexity index is 3530. The van der Waals surface area contributed by atoms with Crippen molar-refractivity contribution in [2.75, 3.05) is 93.2 Å². The first-order valence-electron chi connectivity index (χ1n) is 29.3. The number of methoxy groups -OCH3 is 1. The summed E-state index contributed by atoms with van der Waals surface area (Å²) in [5.74, 6) is 0.808. The fraction of sp³-hybridized carbons (Fsp3) is 0.415. The number of Topliss-reactive ketones (excluding diaryl/α,β-unsaturated/α-hetero) is 1. The van der Waals surface area contributed by atoms with E-state index in [0.717, 1.165) is 11.1 Å². The molecule has 0 N–H and O–H groups in total. The number of fused-ring (bicyclic) bond motifs is 5. The number of halogens is 3. The van der Waals surface area contributed by atoms with Gasteiger partial charge in [-0.1, -0.05) is 47.5 Å². The van der Waals surface area contributed by atoms with Gasteiger partial charge in [-0.05, 0) is 106 Å². The molecule has 0 radical (unpaired) electrons. The topological polar surface area (TPSA) is 213 Å². The smallest absolute Gasteiger partial charge is 0.326 e. The second-order valence-corrected chi connectivity index (χ2v) is 22.6. The minimum Gasteiger partial charge on any atom is -0.497 e. The van der Waals surface area contributed by atoms with E-state index in [1.807, 2.05) is 44.2 Å². The molecule has 3 atom stereocenters. The lowest BCUT2D eigenvalue weighted by Gasteiger charge is -2.38. The van der Waals surface area contributed by atoms with Crippen molar-refractivity contribution in [2.45, 2.75) is 84.3 Å². The van der Waals surface area contributed by atoms with Crippen LogP contribution < -0.4 is 14.2 Å². The number of piperazine rings is 1. The Balaban J connectivity index is 0.674. The third kappa shape index (κ3) is 15.8. The molecule has 0 saturated carbocycles. The number of rotatable bonds is 25. The molecule has 9 rings (SSSR count). The normalized spacial score (nSPS) is 16.8. The second-order valence-electron chi connectivity index (χ2n) is 21.7. The number of carbonyl (C=O) groups is 4. The van der Waals surface area contributed by atoms with Gasteiger partial charge in [0, 0.05) is 90.6 Å². The van der Waals surface area contributed by atoms with Crippen LogP contribution in [-0.4, -0.2) is 163 Å². The summed E-state index contributed by atoms with van der Waals surface area (Å²) in [7, 11) is 3.20. The number of amides is 4. The predicted molar refractivity (Wildman–Crippen MR) is 327 cm³/mol. The molecule has 1 fully saturated rings. The van der Waals surface area contributed by atoms with E-state index >= 15 is 4.79 Å². The minimum atomic E-state index is -0.687. The Hall–Kier alpha value is -7.97. The summed E-state index contributed by atoms with van der Waals surface area (Å²) in [6.45, 7) is 10.9. The Morgan fingerprint density at radius 1 is 0.807 bits per heavy atom. The van der Waals surface area contributed by atoms with Crippen LogP contribution in [0.1, 0.15) is 108 Å². The predicted octanol–water partition coefficient (Wildman–Crippen LogP) is 10.4. The first-order valence-corrected chi connectivity index (χ1v) is 30.1. The molecule has 0 unspecified atom stereocenters. The number of hydrogen-bond acceptors (Lipinski definition) is 15. The third-order valence-electron chi connectivity index (χ3n) is 15.2. The molecule has 3 aliphatic heterocycles. The van der Waals surface area contributed by atoms with Crippen LogP contribution in [0.4, 0.5) is 9.18 Å². The van der Waals surface area contributed by atoms with E-state index in [1.165, 1.54) is 23.1 Å². The standard InChI is InChI=1S/C65H72Cl2FN9O11/c1-41(2)87-58-36-51(82-6)18-20-53(58)63-71-61(44-9-13-47(66)14-10-44)62(45-11-15-48(67)16-12-45)77(63)65(81)75-24-23-74(59(79)40-75)25-27-84-29-31-86-33-32-85-30-28-83-26-21-50(78)8-7-22-76-56(37-69)60-46-34-57(42(3)70-38-46)88-43(4)54-35-49(68)17-19-52(54)64(80)73(5)39-55(60)72-76/h9-20,34-36,38,41,43,61-62H,7-8,21-33,39-40H2,1-6H3/t43-,61-,62+/m1/s1. The van der Waals surface area contributed by atoms with E-state index < -0.39 is 24.0 Å². The molecular weight excluding hydrogens is 1170 g/mol. The van der Waals surface area contributed by atoms with Crippen molar-refractivity contribution in [1.82, 2.24) is 34.4 Å². The molecule has 5 heterocycles. The number of ether oxygens (including phenoxy) is 7. The molecule has 4 amide bonds. The molecule has 2 bridgehead atoms. The zero-order valence-electron chi connectivity index (χ0n) is 50.2. The molecule has 464 valence electrons. The Morgan fingerprint density at radius 2 is 1.47 bits per heavy atom. The van der Waals surface area contributed by atoms with Crippen LogP contribution in [0.5, 0.6) is 17.2 Å². The maximum Gasteiger partial charge on any atom is 0.326 e. The number of pyridine rings is 1. The molecule has 1 saturated heterocycles. The highest BCUT2D eigenvalue weighted by Crippen LogP contribution is 2.46. The van der Waals surface area contributed by atoms with Crippen LogP contribution in [-0.2, 0) is 41.6 Å². The number of ketones is 1. The average molecular weight is 1250 g/mol. The van der Waals surface area contributed by atoms with Gasteiger partial charge in [-0.25, -0.2) is 9.18 Å². The Morgan fingerprint density at radius 3 is 2.12 bits per heavy atom. The number of benzene rings is 4. The van der Waals surface area contributed by atoms with E-state index in [9.17, 15) is 24.0 Å². The number of aromatic nitrogens is 3. The molecule has 20 nitrogen and oxygen atoms in total. The molecule has 4 aromatic carbocycles. The number of carbonyl (C=O) groups excluding carboxylic acids is 4. The van der Waals surface area contributed by atoms with Crippen LogP contribution >= 0.6 is 23.2 Å². The van der Waals surface area contributed by atoms with Crippen molar-refractivity contribution >= 4 is 52.7 Å². The van der Waals surface area contributed by atoms with Gasteiger partial charge in [0.25, 0.3) is 5.91 Å². The van der Waals surface area contributed by atoms with Crippen molar-refractivity contribution < 1.29 is 56.7 Å². The van der Waals surface area contributed by atoms with E-state index in [-0.39, 0.29) is 93.2 Å². The summed E-state index contributed by atoms with van der Waals surface area (Å²) in [4.78, 5) is 71.7. The summed E-state index contributed by atoms with van der Waals surface area (Å²) in [6, 6.07) is 26.6. The monoisotopic (exact) mass is 1240 g/mol. The molecular formula is C65H72Cl2FN9O11. The van der Waals surface area contributed by atoms with Crippen molar-refractivity contribution in [2.24, 2.45) is 4.99 Å². The number of hydrogen-bond donors (Lipinski definition) is 0. The van der Waals surface area contributed by atoms with E-state index in [4.69, 9.17) is 66.5 Å². The summed E-state index contributed by atoms with van der Waals surface area (Å²) in [5, 5.41) is 16.3. The lowest BCUT2D eigenvalue weighted by Crippen LogP contribution is -2.56. The van der Waals surface area contributed by atoms with Crippen LogP contribution in [0, 0.1) is 24.1 Å². The molecule has 6 aromatic rings. The minimum absolute atomic E-state index is 0.00390. The molecule has 3 aliphatic rings. The van der Waals surface area contributed by atoms with E-state index in [1.54, 1.807) is 96.0 Å². The zero-order valence-corrected chi connectivity index (χ0v) is 51.7. The maximum atomic E-state index is 15.1. The SMILES string of the molecule is COc1ccc(C2=N[C@H](c3ccc(Cl)cc3)[C@H](c3ccc(Cl)cc3)N2C(=O)N2CCN(CCOCCOCCOCCOCCC(=O)CCCn3nc4c(c3C#N)-c3cnc(C)c(c3)O[C@H](C)c3cc(F)ccc3C(=O)N(C)C4)C(=O)C2)c(OC(C)C)c1. The number of urea groups is 1. The number of amidine groups is 1. The van der Waals surface area contributed by atoms with Crippen molar-refractivity contribution in [3.05, 3.63) is 158 Å². The fourth-order valence-electron chi connectivity index (χ4n) is 10.7. The largest absolute Gasteiger partial charge is 0.497 e. The summed E-state index contributed by atoms with van der Waals surface area (Å²) in [6.07, 6.45) is 1.60. The lowest BCUT2D eigenvalue weighted by molar-refractivity contribution is -0.135. The zero-order chi connectivity index (χ0) is 62.4. The molecule has 0 spiro atoms. The van der Waals surface area contributed by atoms with Crippen LogP contribution in [0.15, 0.2) is 102 Å². The van der Waals surface area contributed by atoms with E-state index in [2.05, 4.69) is 11.1 Å². The summed E-state index contributed by atoms with van der Waals surface area (Å²) >= 11 is 12.7. The molecule has 88 heavy (non-hydrogen) atoms. The van der Waals surface area contributed by atoms with Crippen LogP contribution in [0.25, 0.3) is 11.1 Å². The van der Waals surface area contributed by atoms with Gasteiger partial charge >= 0.3 is 6.03 Å². The van der Waals surface area contributed by atoms with Gasteiger partial charge in [0.1, 0.15) is 65.1 Å². The van der Waals surface area contributed by atoms with Crippen LogP contribution in [0.2, 0.25) is 10.0 Å². The molecule has 0 aliphatic carbocycles. The lowest BCUT2D eigenvalue weighted by atomic mass is 9.93. The van der Waals surface area contributed by atoms with Gasteiger partial charge in [-0.2, -0.15) is 10.4 Å². The number of nitrogens with zero attached hydrogens (tertiary/aromatic N) is 9. The first-order chi connectivity index (χ1) is 42.5. The Kier molecular flexibility index (Phi) is 22.2. The average Bonchev–Trinajstić information content (AvgIpc) is 2.31. The number of aliphatic imine (C=N–C) groups is 1. The summed E-state index contributed by atoms with van der Waals surface area (Å²) in [5.41, 5.74) is 5.30. The first kappa shape index (κ1) is 64.5. The Labute approximate surface area is 521 Å². The van der Waals surface area contributed by atoms with Crippen molar-refractivity contribution in [3.8, 4) is 34.4 Å². The van der Waals surface area contributed by atoms with Gasteiger partial charge in [-0.3, -0.25) is 33.9 Å². The highest BCUT2D eigenvalue weighted by atomic mass is 35.5. The van der Waals surface area contributed by atoms with Crippen LogP contribution in [0.3, 0.4) is 0 Å².